The molecule has 0 radical (unpaired) electrons. The highest BCUT2D eigenvalue weighted by Gasteiger charge is 2.06. The number of nitrogen functional groups attached to an aromatic ring is 1. The van der Waals surface area contributed by atoms with Crippen LogP contribution in [0.15, 0.2) is 23.7 Å². The summed E-state index contributed by atoms with van der Waals surface area (Å²) in [6.45, 7) is 3.95. The second-order valence-corrected chi connectivity index (χ2v) is 4.08. The Balaban J connectivity index is 2.91. The molecule has 0 aromatic heterocycles. The first-order valence-electron chi connectivity index (χ1n) is 3.82. The number of rotatable bonds is 3. The van der Waals surface area contributed by atoms with E-state index in [-0.39, 0.29) is 0 Å². The standard InChI is InChI=1S/C9H9Cl3N2/c1-5(10)4-14-9-7(11)2-6(13)3-8(9)12/h2-3,14H,1,4,13H2. The van der Waals surface area contributed by atoms with Crippen LogP contribution in [0.1, 0.15) is 0 Å². The molecule has 0 aliphatic heterocycles. The van der Waals surface area contributed by atoms with Crippen LogP contribution in [0, 0.1) is 0 Å². The predicted molar refractivity (Wildman–Crippen MR) is 64.4 cm³/mol. The van der Waals surface area contributed by atoms with Gasteiger partial charge in [-0.1, -0.05) is 41.4 Å². The van der Waals surface area contributed by atoms with Gasteiger partial charge in [0.1, 0.15) is 0 Å². The summed E-state index contributed by atoms with van der Waals surface area (Å²) in [5, 5.41) is 4.37. The van der Waals surface area contributed by atoms with E-state index in [9.17, 15) is 0 Å². The van der Waals surface area contributed by atoms with E-state index in [4.69, 9.17) is 40.5 Å². The van der Waals surface area contributed by atoms with Crippen molar-refractivity contribution >= 4 is 46.2 Å². The van der Waals surface area contributed by atoms with Gasteiger partial charge in [0.05, 0.1) is 22.3 Å². The third-order valence-electron chi connectivity index (χ3n) is 1.52. The van der Waals surface area contributed by atoms with E-state index < -0.39 is 0 Å². The maximum Gasteiger partial charge on any atom is 0.0723 e. The average Bonchev–Trinajstić information content (AvgIpc) is 2.01. The van der Waals surface area contributed by atoms with Gasteiger partial charge >= 0.3 is 0 Å². The lowest BCUT2D eigenvalue weighted by Gasteiger charge is -2.10. The van der Waals surface area contributed by atoms with Crippen LogP contribution in [0.5, 0.6) is 0 Å². The molecular weight excluding hydrogens is 242 g/mol. The van der Waals surface area contributed by atoms with Crippen LogP contribution < -0.4 is 11.1 Å². The summed E-state index contributed by atoms with van der Waals surface area (Å²) in [6, 6.07) is 3.24. The second kappa shape index (κ2) is 4.78. The summed E-state index contributed by atoms with van der Waals surface area (Å²) >= 11 is 17.4. The third-order valence-corrected chi connectivity index (χ3v) is 2.25. The molecular formula is C9H9Cl3N2. The number of halogens is 3. The zero-order valence-corrected chi connectivity index (χ0v) is 9.55. The maximum atomic E-state index is 5.92. The first-order chi connectivity index (χ1) is 6.50. The van der Waals surface area contributed by atoms with Crippen LogP contribution in [0.3, 0.4) is 0 Å². The predicted octanol–water partition coefficient (Wildman–Crippen LogP) is 3.74. The zero-order valence-electron chi connectivity index (χ0n) is 7.28. The summed E-state index contributed by atoms with van der Waals surface area (Å²) in [6.07, 6.45) is 0. The van der Waals surface area contributed by atoms with Gasteiger partial charge in [0.25, 0.3) is 0 Å². The molecule has 0 saturated carbocycles. The van der Waals surface area contributed by atoms with E-state index in [0.717, 1.165) is 0 Å². The average molecular weight is 252 g/mol. The monoisotopic (exact) mass is 250 g/mol. The molecule has 0 amide bonds. The molecule has 0 aliphatic rings. The van der Waals surface area contributed by atoms with E-state index in [1.54, 1.807) is 12.1 Å². The Morgan fingerprint density at radius 3 is 2.29 bits per heavy atom. The largest absolute Gasteiger partial charge is 0.399 e. The molecule has 0 heterocycles. The number of hydrogen-bond acceptors (Lipinski definition) is 2. The number of hydrogen-bond donors (Lipinski definition) is 2. The van der Waals surface area contributed by atoms with Gasteiger partial charge in [0, 0.05) is 10.7 Å². The van der Waals surface area contributed by atoms with Crippen molar-refractivity contribution in [3.8, 4) is 0 Å². The van der Waals surface area contributed by atoms with E-state index >= 15 is 0 Å². The first-order valence-corrected chi connectivity index (χ1v) is 4.95. The highest BCUT2D eigenvalue weighted by Crippen LogP contribution is 2.32. The van der Waals surface area contributed by atoms with Crippen molar-refractivity contribution in [2.75, 3.05) is 17.6 Å². The van der Waals surface area contributed by atoms with Crippen molar-refractivity contribution in [2.24, 2.45) is 0 Å². The van der Waals surface area contributed by atoms with Crippen molar-refractivity contribution in [3.63, 3.8) is 0 Å². The van der Waals surface area contributed by atoms with Crippen molar-refractivity contribution in [1.29, 1.82) is 0 Å². The fourth-order valence-corrected chi connectivity index (χ4v) is 1.65. The van der Waals surface area contributed by atoms with Crippen LogP contribution in [0.4, 0.5) is 11.4 Å². The molecule has 0 atom stereocenters. The molecule has 0 saturated heterocycles. The van der Waals surface area contributed by atoms with Crippen molar-refractivity contribution < 1.29 is 0 Å². The van der Waals surface area contributed by atoms with Gasteiger partial charge in [0.2, 0.25) is 0 Å². The SMILES string of the molecule is C=C(Cl)CNc1c(Cl)cc(N)cc1Cl. The quantitative estimate of drug-likeness (QED) is 0.803. The Bertz CT molecular complexity index is 340. The fourth-order valence-electron chi connectivity index (χ4n) is 0.946. The Kier molecular flexibility index (Phi) is 3.93. The lowest BCUT2D eigenvalue weighted by molar-refractivity contribution is 1.32. The summed E-state index contributed by atoms with van der Waals surface area (Å²) in [5.74, 6) is 0. The molecule has 5 heteroatoms. The number of nitrogens with two attached hydrogens (primary N) is 1. The molecule has 0 fully saturated rings. The van der Waals surface area contributed by atoms with Gasteiger partial charge in [-0.2, -0.15) is 0 Å². The van der Waals surface area contributed by atoms with Gasteiger partial charge in [-0.05, 0) is 12.1 Å². The Morgan fingerprint density at radius 2 is 1.86 bits per heavy atom. The molecule has 14 heavy (non-hydrogen) atoms. The molecule has 76 valence electrons. The number of benzene rings is 1. The third kappa shape index (κ3) is 2.98. The van der Waals surface area contributed by atoms with Crippen LogP contribution >= 0.6 is 34.8 Å². The van der Waals surface area contributed by atoms with E-state index in [1.807, 2.05) is 0 Å². The summed E-state index contributed by atoms with van der Waals surface area (Å²) in [4.78, 5) is 0. The van der Waals surface area contributed by atoms with E-state index in [0.29, 0.717) is 33.0 Å². The van der Waals surface area contributed by atoms with E-state index in [2.05, 4.69) is 11.9 Å². The smallest absolute Gasteiger partial charge is 0.0723 e. The molecule has 3 N–H and O–H groups in total. The molecule has 1 aromatic rings. The fraction of sp³-hybridized carbons (Fsp3) is 0.111. The minimum Gasteiger partial charge on any atom is -0.399 e. The normalized spacial score (nSPS) is 9.93. The molecule has 0 unspecified atom stereocenters. The second-order valence-electron chi connectivity index (χ2n) is 2.73. The Hall–Kier alpha value is -0.570. The van der Waals surface area contributed by atoms with Crippen LogP contribution in [-0.2, 0) is 0 Å². The van der Waals surface area contributed by atoms with Crippen LogP contribution in [-0.4, -0.2) is 6.54 Å². The summed E-state index contributed by atoms with van der Waals surface area (Å²) in [7, 11) is 0. The van der Waals surface area contributed by atoms with Gasteiger partial charge < -0.3 is 11.1 Å². The number of nitrogens with one attached hydrogen (secondary N) is 1. The lowest BCUT2D eigenvalue weighted by Crippen LogP contribution is -2.02. The Labute approximate surface area is 97.6 Å². The highest BCUT2D eigenvalue weighted by atomic mass is 35.5. The van der Waals surface area contributed by atoms with E-state index in [1.165, 1.54) is 0 Å². The molecule has 0 aliphatic carbocycles. The molecule has 0 bridgehead atoms. The van der Waals surface area contributed by atoms with Gasteiger partial charge in [-0.15, -0.1) is 0 Å². The summed E-state index contributed by atoms with van der Waals surface area (Å²) in [5.41, 5.74) is 6.68. The van der Waals surface area contributed by atoms with Crippen LogP contribution in [0.2, 0.25) is 10.0 Å². The number of anilines is 2. The highest BCUT2D eigenvalue weighted by molar-refractivity contribution is 6.39. The Morgan fingerprint density at radius 1 is 1.36 bits per heavy atom. The maximum absolute atomic E-state index is 5.92. The lowest BCUT2D eigenvalue weighted by atomic mass is 10.3. The minimum absolute atomic E-state index is 0.408. The van der Waals surface area contributed by atoms with Crippen molar-refractivity contribution in [1.82, 2.24) is 0 Å². The molecule has 1 rings (SSSR count). The topological polar surface area (TPSA) is 38.0 Å². The molecule has 1 aromatic carbocycles. The van der Waals surface area contributed by atoms with Gasteiger partial charge in [-0.25, -0.2) is 0 Å². The molecule has 0 spiro atoms. The first kappa shape index (κ1) is 11.5. The van der Waals surface area contributed by atoms with Gasteiger partial charge in [0.15, 0.2) is 0 Å². The van der Waals surface area contributed by atoms with Crippen LogP contribution in [0.25, 0.3) is 0 Å². The van der Waals surface area contributed by atoms with Crippen molar-refractivity contribution in [3.05, 3.63) is 33.8 Å². The summed E-state index contributed by atoms with van der Waals surface area (Å²) < 4.78 is 0. The zero-order chi connectivity index (χ0) is 10.7. The van der Waals surface area contributed by atoms with Gasteiger partial charge in [-0.3, -0.25) is 0 Å². The minimum atomic E-state index is 0.408. The van der Waals surface area contributed by atoms with Crippen molar-refractivity contribution in [2.45, 2.75) is 0 Å². The molecule has 2 nitrogen and oxygen atoms in total.